The largest absolute Gasteiger partial charge is 0.356 e. The van der Waals surface area contributed by atoms with Gasteiger partial charge in [0, 0.05) is 43.2 Å². The number of nitrogens with zero attached hydrogens (tertiary/aromatic N) is 2. The molecule has 3 unspecified atom stereocenters. The number of epoxide rings is 1. The summed E-state index contributed by atoms with van der Waals surface area (Å²) in [6.07, 6.45) is 1.54. The fraction of sp³-hybridized carbons (Fsp3) is 0.452. The average Bonchev–Trinajstić information content (AvgIpc) is 3.84. The summed E-state index contributed by atoms with van der Waals surface area (Å²) in [6, 6.07) is 12.8. The van der Waals surface area contributed by atoms with Gasteiger partial charge in [-0.2, -0.15) is 0 Å². The standard InChI is InChI=1S/C31H30F3N3O3/c1-29-17-37(16-18-2-4-20(5-3-18)30(10-11-30)28(33)34)13-12-31(29,40-29)23-7-8-24-22(26(23)32)14-19(15-35-24)21-6-9-25(38)36-27(21)39/h2-5,7-8,14-15,21,28H,6,9-13,16-17H2,1H3,(H,36,38,39). The summed E-state index contributed by atoms with van der Waals surface area (Å²) in [6.45, 7) is 3.98. The molecule has 2 amide bonds. The topological polar surface area (TPSA) is 74.8 Å². The minimum atomic E-state index is -2.34. The number of pyridine rings is 1. The molecule has 2 aromatic carbocycles. The van der Waals surface area contributed by atoms with Gasteiger partial charge in [0.1, 0.15) is 17.0 Å². The smallest absolute Gasteiger partial charge is 0.248 e. The van der Waals surface area contributed by atoms with Crippen LogP contribution >= 0.6 is 0 Å². The van der Waals surface area contributed by atoms with Crippen LogP contribution in [0.4, 0.5) is 13.2 Å². The van der Waals surface area contributed by atoms with Gasteiger partial charge in [-0.25, -0.2) is 13.2 Å². The Morgan fingerprint density at radius 2 is 1.90 bits per heavy atom. The van der Waals surface area contributed by atoms with E-state index in [0.717, 1.165) is 5.56 Å². The van der Waals surface area contributed by atoms with Crippen molar-refractivity contribution in [1.29, 1.82) is 0 Å². The van der Waals surface area contributed by atoms with Crippen LogP contribution in [0.5, 0.6) is 0 Å². The molecule has 3 aromatic rings. The number of nitrogens with one attached hydrogen (secondary N) is 1. The highest BCUT2D eigenvalue weighted by atomic mass is 19.3. The predicted molar refractivity (Wildman–Crippen MR) is 141 cm³/mol. The van der Waals surface area contributed by atoms with Crippen molar-refractivity contribution < 1.29 is 27.5 Å². The zero-order chi connectivity index (χ0) is 27.9. The summed E-state index contributed by atoms with van der Waals surface area (Å²) < 4.78 is 49.4. The van der Waals surface area contributed by atoms with Gasteiger partial charge in [0.2, 0.25) is 18.2 Å². The third-order valence-corrected chi connectivity index (χ3v) is 9.56. The lowest BCUT2D eigenvalue weighted by molar-refractivity contribution is -0.134. The first kappa shape index (κ1) is 25.7. The fourth-order valence-corrected chi connectivity index (χ4v) is 6.93. The van der Waals surface area contributed by atoms with Crippen molar-refractivity contribution >= 4 is 22.7 Å². The first-order valence-electron chi connectivity index (χ1n) is 13.9. The molecule has 0 spiro atoms. The molecule has 40 heavy (non-hydrogen) atoms. The highest BCUT2D eigenvalue weighted by Crippen LogP contribution is 2.61. The summed E-state index contributed by atoms with van der Waals surface area (Å²) in [4.78, 5) is 30.6. The number of fused-ring (bicyclic) bond motifs is 2. The number of imide groups is 1. The lowest BCUT2D eigenvalue weighted by Crippen LogP contribution is -2.44. The van der Waals surface area contributed by atoms with Gasteiger partial charge in [0.15, 0.2) is 0 Å². The second kappa shape index (κ2) is 8.85. The fourth-order valence-electron chi connectivity index (χ4n) is 6.93. The molecule has 3 atom stereocenters. The number of benzene rings is 2. The van der Waals surface area contributed by atoms with E-state index in [-0.39, 0.29) is 24.1 Å². The third-order valence-electron chi connectivity index (χ3n) is 9.56. The Labute approximate surface area is 229 Å². The number of alkyl halides is 2. The Hall–Kier alpha value is -3.30. The van der Waals surface area contributed by atoms with Crippen molar-refractivity contribution in [2.24, 2.45) is 0 Å². The van der Waals surface area contributed by atoms with E-state index in [1.807, 2.05) is 31.2 Å². The number of carbonyl (C=O) groups is 2. The SMILES string of the molecule is CC12CN(Cc3ccc(C4(C(F)F)CC4)cc3)CCC1(c1ccc3ncc(C4CCC(=O)NC4=O)cc3c1F)O2. The zero-order valence-electron chi connectivity index (χ0n) is 22.2. The highest BCUT2D eigenvalue weighted by molar-refractivity contribution is 6.01. The maximum absolute atomic E-state index is 16.1. The maximum Gasteiger partial charge on any atom is 0.248 e. The van der Waals surface area contributed by atoms with Crippen LogP contribution in [0, 0.1) is 5.82 Å². The second-order valence-corrected chi connectivity index (χ2v) is 12.0. The summed E-state index contributed by atoms with van der Waals surface area (Å²) >= 11 is 0. The van der Waals surface area contributed by atoms with Crippen LogP contribution in [-0.4, -0.2) is 46.8 Å². The Morgan fingerprint density at radius 1 is 1.12 bits per heavy atom. The molecule has 0 radical (unpaired) electrons. The summed E-state index contributed by atoms with van der Waals surface area (Å²) in [5.41, 5.74) is 1.08. The van der Waals surface area contributed by atoms with Crippen molar-refractivity contribution in [3.8, 4) is 0 Å². The number of hydrogen-bond acceptors (Lipinski definition) is 5. The molecule has 208 valence electrons. The van der Waals surface area contributed by atoms with Gasteiger partial charge in [-0.1, -0.05) is 30.3 Å². The molecule has 4 aliphatic rings. The Kier molecular flexibility index (Phi) is 5.67. The van der Waals surface area contributed by atoms with E-state index in [1.165, 1.54) is 0 Å². The van der Waals surface area contributed by atoms with E-state index >= 15 is 4.39 Å². The molecule has 4 heterocycles. The van der Waals surface area contributed by atoms with Gasteiger partial charge in [-0.15, -0.1) is 0 Å². The summed E-state index contributed by atoms with van der Waals surface area (Å²) in [5.74, 6) is -1.61. The normalized spacial score (nSPS) is 29.4. The van der Waals surface area contributed by atoms with Gasteiger partial charge in [0.05, 0.1) is 16.8 Å². The molecule has 4 fully saturated rings. The summed E-state index contributed by atoms with van der Waals surface area (Å²) in [7, 11) is 0. The van der Waals surface area contributed by atoms with Crippen molar-refractivity contribution in [3.63, 3.8) is 0 Å². The van der Waals surface area contributed by atoms with Crippen molar-refractivity contribution in [2.75, 3.05) is 13.1 Å². The lowest BCUT2D eigenvalue weighted by Gasteiger charge is -2.33. The van der Waals surface area contributed by atoms with E-state index in [4.69, 9.17) is 4.74 Å². The maximum atomic E-state index is 16.1. The van der Waals surface area contributed by atoms with Crippen LogP contribution in [0.25, 0.3) is 10.9 Å². The molecule has 1 saturated carbocycles. The van der Waals surface area contributed by atoms with Gasteiger partial charge in [-0.05, 0) is 61.4 Å². The number of amides is 2. The molecule has 9 heteroatoms. The average molecular weight is 550 g/mol. The van der Waals surface area contributed by atoms with E-state index in [9.17, 15) is 18.4 Å². The van der Waals surface area contributed by atoms with Gasteiger partial charge in [-0.3, -0.25) is 24.8 Å². The van der Waals surface area contributed by atoms with Crippen molar-refractivity contribution in [2.45, 2.75) is 74.5 Å². The number of likely N-dealkylation sites (tertiary alicyclic amines) is 1. The number of ether oxygens (including phenoxy) is 1. The van der Waals surface area contributed by atoms with Crippen molar-refractivity contribution in [1.82, 2.24) is 15.2 Å². The zero-order valence-corrected chi connectivity index (χ0v) is 22.2. The number of hydrogen-bond donors (Lipinski definition) is 1. The lowest BCUT2D eigenvalue weighted by atomic mass is 9.80. The van der Waals surface area contributed by atoms with Crippen LogP contribution in [0.15, 0.2) is 48.7 Å². The summed E-state index contributed by atoms with van der Waals surface area (Å²) in [5, 5.41) is 2.69. The minimum absolute atomic E-state index is 0.239. The Morgan fingerprint density at radius 3 is 2.58 bits per heavy atom. The molecule has 1 N–H and O–H groups in total. The second-order valence-electron chi connectivity index (χ2n) is 12.0. The molecule has 1 aliphatic carbocycles. The van der Waals surface area contributed by atoms with Crippen LogP contribution in [0.2, 0.25) is 0 Å². The van der Waals surface area contributed by atoms with Crippen LogP contribution < -0.4 is 5.32 Å². The van der Waals surface area contributed by atoms with Gasteiger partial charge < -0.3 is 4.74 Å². The number of halogens is 3. The molecule has 7 rings (SSSR count). The molecular weight excluding hydrogens is 519 g/mol. The quantitative estimate of drug-likeness (QED) is 0.343. The number of rotatable bonds is 6. The van der Waals surface area contributed by atoms with Crippen molar-refractivity contribution in [3.05, 3.63) is 76.7 Å². The molecule has 6 nitrogen and oxygen atoms in total. The first-order chi connectivity index (χ1) is 19.1. The number of aromatic nitrogens is 1. The molecular formula is C31H30F3N3O3. The Balaban J connectivity index is 1.09. The van der Waals surface area contributed by atoms with E-state index < -0.39 is 29.0 Å². The Bertz CT molecular complexity index is 1540. The monoisotopic (exact) mass is 549 g/mol. The van der Waals surface area contributed by atoms with Crippen LogP contribution in [0.3, 0.4) is 0 Å². The molecule has 3 aliphatic heterocycles. The minimum Gasteiger partial charge on any atom is -0.356 e. The van der Waals surface area contributed by atoms with Gasteiger partial charge >= 0.3 is 0 Å². The molecule has 3 saturated heterocycles. The predicted octanol–water partition coefficient (Wildman–Crippen LogP) is 5.08. The van der Waals surface area contributed by atoms with Gasteiger partial charge in [0.25, 0.3) is 0 Å². The number of carbonyl (C=O) groups excluding carboxylic acids is 2. The number of piperidine rings is 2. The van der Waals surface area contributed by atoms with E-state index in [1.54, 1.807) is 24.4 Å². The third kappa shape index (κ3) is 3.89. The molecule has 1 aromatic heterocycles. The highest BCUT2D eigenvalue weighted by Gasteiger charge is 2.70. The van der Waals surface area contributed by atoms with Crippen LogP contribution in [0.1, 0.15) is 67.2 Å². The van der Waals surface area contributed by atoms with Crippen LogP contribution in [-0.2, 0) is 31.9 Å². The van der Waals surface area contributed by atoms with E-state index in [2.05, 4.69) is 15.2 Å². The van der Waals surface area contributed by atoms with E-state index in [0.29, 0.717) is 72.9 Å². The molecule has 0 bridgehead atoms. The first-order valence-corrected chi connectivity index (χ1v) is 13.9.